The van der Waals surface area contributed by atoms with Crippen LogP contribution >= 0.6 is 0 Å². The maximum absolute atomic E-state index is 12.6. The number of hydrogen-bond acceptors (Lipinski definition) is 2. The maximum atomic E-state index is 12.6. The number of anilines is 4. The molecule has 0 atom stereocenters. The molecule has 0 aromatic heterocycles. The molecule has 3 rings (SSSR count). The summed E-state index contributed by atoms with van der Waals surface area (Å²) in [5.41, 5.74) is 0.839. The number of alkyl halides is 6. The van der Waals surface area contributed by atoms with E-state index in [0.717, 1.165) is 24.3 Å². The molecule has 146 valence electrons. The Balaban J connectivity index is 1.63. The maximum Gasteiger partial charge on any atom is 0.416 e. The minimum absolute atomic E-state index is 0.497. The van der Waals surface area contributed by atoms with Gasteiger partial charge in [0.25, 0.3) is 0 Å². The average Bonchev–Trinajstić information content (AvgIpc) is 2.63. The standard InChI is InChI=1S/C20H14F6N2/c21-19(22,23)13-1-5-15(6-2-13)27-17-9-11-18(12-10-17)28-16-7-3-14(4-8-16)20(24,25)26/h1-12,27-28H. The third-order valence-electron chi connectivity index (χ3n) is 3.89. The Kier molecular flexibility index (Phi) is 5.22. The van der Waals surface area contributed by atoms with Crippen molar-refractivity contribution in [3.05, 3.63) is 83.9 Å². The summed E-state index contributed by atoms with van der Waals surface area (Å²) in [6.07, 6.45) is -8.77. The smallest absolute Gasteiger partial charge is 0.356 e. The van der Waals surface area contributed by atoms with Crippen LogP contribution in [0.3, 0.4) is 0 Å². The van der Waals surface area contributed by atoms with E-state index < -0.39 is 23.5 Å². The van der Waals surface area contributed by atoms with Crippen LogP contribution in [0.4, 0.5) is 49.1 Å². The first-order valence-electron chi connectivity index (χ1n) is 8.10. The van der Waals surface area contributed by atoms with Gasteiger partial charge in [-0.05, 0) is 72.8 Å². The van der Waals surface area contributed by atoms with Gasteiger partial charge in [-0.3, -0.25) is 0 Å². The van der Waals surface area contributed by atoms with Gasteiger partial charge >= 0.3 is 12.4 Å². The topological polar surface area (TPSA) is 24.1 Å². The molecule has 0 radical (unpaired) electrons. The highest BCUT2D eigenvalue weighted by molar-refractivity contribution is 5.66. The lowest BCUT2D eigenvalue weighted by atomic mass is 10.2. The van der Waals surface area contributed by atoms with Crippen molar-refractivity contribution in [3.8, 4) is 0 Å². The predicted molar refractivity (Wildman–Crippen MR) is 95.9 cm³/mol. The lowest BCUT2D eigenvalue weighted by Crippen LogP contribution is -2.04. The first kappa shape index (κ1) is 19.6. The minimum Gasteiger partial charge on any atom is -0.356 e. The molecule has 0 heterocycles. The molecule has 0 spiro atoms. The molecule has 0 bridgehead atoms. The minimum atomic E-state index is -4.38. The zero-order chi connectivity index (χ0) is 20.4. The van der Waals surface area contributed by atoms with E-state index >= 15 is 0 Å². The Morgan fingerprint density at radius 3 is 0.821 bits per heavy atom. The fourth-order valence-corrected chi connectivity index (χ4v) is 2.46. The van der Waals surface area contributed by atoms with Crippen LogP contribution < -0.4 is 10.6 Å². The molecule has 3 aromatic rings. The second-order valence-corrected chi connectivity index (χ2v) is 5.98. The van der Waals surface area contributed by atoms with Gasteiger partial charge in [-0.2, -0.15) is 26.3 Å². The van der Waals surface area contributed by atoms with E-state index in [1.807, 2.05) is 0 Å². The molecule has 0 saturated heterocycles. The zero-order valence-electron chi connectivity index (χ0n) is 14.2. The molecule has 2 N–H and O–H groups in total. The fourth-order valence-electron chi connectivity index (χ4n) is 2.46. The Morgan fingerprint density at radius 1 is 0.393 bits per heavy atom. The zero-order valence-corrected chi connectivity index (χ0v) is 14.2. The van der Waals surface area contributed by atoms with Gasteiger partial charge in [0.05, 0.1) is 11.1 Å². The third-order valence-corrected chi connectivity index (χ3v) is 3.89. The summed E-state index contributed by atoms with van der Waals surface area (Å²) in [7, 11) is 0. The molecular weight excluding hydrogens is 382 g/mol. The Bertz CT molecular complexity index is 833. The molecule has 0 fully saturated rings. The van der Waals surface area contributed by atoms with Crippen molar-refractivity contribution in [2.45, 2.75) is 12.4 Å². The van der Waals surface area contributed by atoms with Crippen LogP contribution in [0.5, 0.6) is 0 Å². The number of hydrogen-bond donors (Lipinski definition) is 2. The van der Waals surface area contributed by atoms with Crippen molar-refractivity contribution in [2.24, 2.45) is 0 Å². The van der Waals surface area contributed by atoms with Gasteiger partial charge in [0, 0.05) is 22.7 Å². The molecule has 0 aliphatic carbocycles. The Hall–Kier alpha value is -3.16. The van der Waals surface area contributed by atoms with E-state index in [0.29, 0.717) is 22.7 Å². The quantitative estimate of drug-likeness (QED) is 0.455. The van der Waals surface area contributed by atoms with Gasteiger partial charge in [0.15, 0.2) is 0 Å². The van der Waals surface area contributed by atoms with Crippen molar-refractivity contribution in [3.63, 3.8) is 0 Å². The number of benzene rings is 3. The lowest BCUT2D eigenvalue weighted by Gasteiger charge is -2.12. The second-order valence-electron chi connectivity index (χ2n) is 5.98. The second kappa shape index (κ2) is 7.46. The number of rotatable bonds is 4. The summed E-state index contributed by atoms with van der Waals surface area (Å²) in [5.74, 6) is 0. The number of nitrogens with one attached hydrogen (secondary N) is 2. The molecule has 0 aliphatic heterocycles. The largest absolute Gasteiger partial charge is 0.416 e. The monoisotopic (exact) mass is 396 g/mol. The fraction of sp³-hybridized carbons (Fsp3) is 0.100. The van der Waals surface area contributed by atoms with Crippen LogP contribution in [0.25, 0.3) is 0 Å². The van der Waals surface area contributed by atoms with E-state index in [1.54, 1.807) is 24.3 Å². The lowest BCUT2D eigenvalue weighted by molar-refractivity contribution is -0.138. The molecule has 0 saturated carbocycles. The van der Waals surface area contributed by atoms with Gasteiger partial charge in [0.1, 0.15) is 0 Å². The van der Waals surface area contributed by atoms with Gasteiger partial charge in [-0.15, -0.1) is 0 Å². The van der Waals surface area contributed by atoms with Crippen LogP contribution in [-0.4, -0.2) is 0 Å². The first-order valence-corrected chi connectivity index (χ1v) is 8.10. The van der Waals surface area contributed by atoms with Gasteiger partial charge in [0.2, 0.25) is 0 Å². The van der Waals surface area contributed by atoms with E-state index in [4.69, 9.17) is 0 Å². The third kappa shape index (κ3) is 4.97. The molecular formula is C20H14F6N2. The summed E-state index contributed by atoms with van der Waals surface area (Å²) in [4.78, 5) is 0. The highest BCUT2D eigenvalue weighted by Gasteiger charge is 2.30. The van der Waals surface area contributed by atoms with Crippen LogP contribution in [0.1, 0.15) is 11.1 Å². The molecule has 0 aliphatic rings. The normalized spacial score (nSPS) is 11.9. The Morgan fingerprint density at radius 2 is 0.607 bits per heavy atom. The van der Waals surface area contributed by atoms with Crippen LogP contribution in [-0.2, 0) is 12.4 Å². The highest BCUT2D eigenvalue weighted by Crippen LogP contribution is 2.32. The summed E-state index contributed by atoms with van der Waals surface area (Å²) in [5, 5.41) is 5.96. The Labute approximate surface area is 156 Å². The van der Waals surface area contributed by atoms with E-state index in [2.05, 4.69) is 10.6 Å². The molecule has 3 aromatic carbocycles. The average molecular weight is 396 g/mol. The van der Waals surface area contributed by atoms with Gasteiger partial charge < -0.3 is 10.6 Å². The SMILES string of the molecule is FC(F)(F)c1ccc(Nc2ccc(Nc3ccc(C(F)(F)F)cc3)cc2)cc1. The van der Waals surface area contributed by atoms with Crippen molar-refractivity contribution in [1.82, 2.24) is 0 Å². The van der Waals surface area contributed by atoms with Gasteiger partial charge in [-0.1, -0.05) is 0 Å². The van der Waals surface area contributed by atoms with E-state index in [9.17, 15) is 26.3 Å². The molecule has 0 unspecified atom stereocenters. The summed E-state index contributed by atoms with van der Waals surface area (Å²) >= 11 is 0. The van der Waals surface area contributed by atoms with Crippen molar-refractivity contribution >= 4 is 22.7 Å². The van der Waals surface area contributed by atoms with E-state index in [-0.39, 0.29) is 0 Å². The van der Waals surface area contributed by atoms with Crippen LogP contribution in [0, 0.1) is 0 Å². The highest BCUT2D eigenvalue weighted by atomic mass is 19.4. The molecule has 8 heteroatoms. The van der Waals surface area contributed by atoms with Crippen molar-refractivity contribution in [2.75, 3.05) is 10.6 Å². The molecule has 28 heavy (non-hydrogen) atoms. The van der Waals surface area contributed by atoms with E-state index in [1.165, 1.54) is 24.3 Å². The number of halogens is 6. The van der Waals surface area contributed by atoms with Crippen molar-refractivity contribution in [1.29, 1.82) is 0 Å². The van der Waals surface area contributed by atoms with Crippen LogP contribution in [0.15, 0.2) is 72.8 Å². The predicted octanol–water partition coefficient (Wildman–Crippen LogP) is 7.21. The summed E-state index contributed by atoms with van der Waals surface area (Å²) in [6, 6.07) is 16.1. The summed E-state index contributed by atoms with van der Waals surface area (Å²) in [6.45, 7) is 0. The van der Waals surface area contributed by atoms with Crippen molar-refractivity contribution < 1.29 is 26.3 Å². The van der Waals surface area contributed by atoms with Gasteiger partial charge in [-0.25, -0.2) is 0 Å². The molecule has 0 amide bonds. The summed E-state index contributed by atoms with van der Waals surface area (Å²) < 4.78 is 75.4. The molecule has 2 nitrogen and oxygen atoms in total. The first-order chi connectivity index (χ1) is 13.1. The van der Waals surface area contributed by atoms with Crippen LogP contribution in [0.2, 0.25) is 0 Å².